The van der Waals surface area contributed by atoms with Gasteiger partial charge in [-0.3, -0.25) is 9.59 Å². The highest BCUT2D eigenvalue weighted by molar-refractivity contribution is 6.46. The van der Waals surface area contributed by atoms with Crippen molar-refractivity contribution in [1.82, 2.24) is 4.90 Å². The largest absolute Gasteiger partial charge is 0.507 e. The first-order valence-electron chi connectivity index (χ1n) is 10.7. The van der Waals surface area contributed by atoms with Crippen LogP contribution in [0.5, 0.6) is 5.75 Å². The minimum atomic E-state index is -0.713. The van der Waals surface area contributed by atoms with Crippen molar-refractivity contribution in [2.24, 2.45) is 0 Å². The molecular formula is C25H28ClNO5. The normalized spacial score (nSPS) is 17.8. The van der Waals surface area contributed by atoms with Gasteiger partial charge in [0.2, 0.25) is 0 Å². The lowest BCUT2D eigenvalue weighted by Crippen LogP contribution is -2.31. The zero-order valence-corrected chi connectivity index (χ0v) is 19.3. The lowest BCUT2D eigenvalue weighted by Gasteiger charge is -2.25. The van der Waals surface area contributed by atoms with Gasteiger partial charge in [0.15, 0.2) is 0 Å². The fourth-order valence-corrected chi connectivity index (χ4v) is 4.08. The van der Waals surface area contributed by atoms with E-state index in [1.807, 2.05) is 31.2 Å². The molecule has 0 bridgehead atoms. The number of aliphatic hydroxyl groups is 1. The first-order valence-corrected chi connectivity index (χ1v) is 11.1. The zero-order chi connectivity index (χ0) is 23.3. The van der Waals surface area contributed by atoms with Crippen LogP contribution in [0.4, 0.5) is 0 Å². The van der Waals surface area contributed by atoms with E-state index in [0.29, 0.717) is 42.5 Å². The number of hydrogen-bond acceptors (Lipinski definition) is 5. The van der Waals surface area contributed by atoms with Gasteiger partial charge in [-0.1, -0.05) is 42.8 Å². The van der Waals surface area contributed by atoms with Crippen molar-refractivity contribution in [2.75, 3.05) is 26.9 Å². The van der Waals surface area contributed by atoms with Crippen LogP contribution in [-0.4, -0.2) is 48.6 Å². The number of amides is 1. The molecule has 1 aliphatic heterocycles. The summed E-state index contributed by atoms with van der Waals surface area (Å²) >= 11 is 6.29. The molecule has 0 aliphatic carbocycles. The molecule has 0 radical (unpaired) electrons. The highest BCUT2D eigenvalue weighted by Gasteiger charge is 2.45. The number of aliphatic hydroxyl groups excluding tert-OH is 1. The second kappa shape index (κ2) is 10.7. The summed E-state index contributed by atoms with van der Waals surface area (Å²) in [7, 11) is 1.59. The van der Waals surface area contributed by atoms with Gasteiger partial charge in [0.25, 0.3) is 11.7 Å². The van der Waals surface area contributed by atoms with Gasteiger partial charge in [-0.2, -0.15) is 0 Å². The summed E-state index contributed by atoms with van der Waals surface area (Å²) in [5.74, 6) is -1.12. The molecule has 1 heterocycles. The van der Waals surface area contributed by atoms with Gasteiger partial charge in [0.1, 0.15) is 11.5 Å². The molecule has 170 valence electrons. The molecule has 2 aromatic rings. The van der Waals surface area contributed by atoms with Crippen LogP contribution in [0.2, 0.25) is 5.02 Å². The predicted molar refractivity (Wildman–Crippen MR) is 124 cm³/mol. The maximum Gasteiger partial charge on any atom is 0.295 e. The van der Waals surface area contributed by atoms with Crippen molar-refractivity contribution in [1.29, 1.82) is 0 Å². The van der Waals surface area contributed by atoms with E-state index in [9.17, 15) is 14.7 Å². The van der Waals surface area contributed by atoms with E-state index in [0.717, 1.165) is 17.5 Å². The van der Waals surface area contributed by atoms with E-state index in [1.54, 1.807) is 19.2 Å². The Bertz CT molecular complexity index is 1020. The number of ketones is 1. The molecule has 7 heteroatoms. The molecule has 1 saturated heterocycles. The Morgan fingerprint density at radius 3 is 2.44 bits per heavy atom. The third-order valence-electron chi connectivity index (χ3n) is 5.50. The number of Topliss-reactive ketones (excluding diaryl/α,β-unsaturated/α-hetero) is 1. The van der Waals surface area contributed by atoms with Crippen molar-refractivity contribution in [3.63, 3.8) is 0 Å². The van der Waals surface area contributed by atoms with E-state index < -0.39 is 17.7 Å². The molecule has 2 aromatic carbocycles. The summed E-state index contributed by atoms with van der Waals surface area (Å²) in [5.41, 5.74) is 2.31. The van der Waals surface area contributed by atoms with Crippen LogP contribution in [0.3, 0.4) is 0 Å². The number of carbonyl (C=O) groups is 2. The summed E-state index contributed by atoms with van der Waals surface area (Å²) in [6.07, 6.45) is 1.45. The molecule has 1 amide bonds. The van der Waals surface area contributed by atoms with Gasteiger partial charge in [0, 0.05) is 25.8 Å². The van der Waals surface area contributed by atoms with Crippen LogP contribution in [-0.2, 0) is 20.7 Å². The van der Waals surface area contributed by atoms with E-state index >= 15 is 0 Å². The van der Waals surface area contributed by atoms with Crippen LogP contribution in [0.1, 0.15) is 43.0 Å². The third-order valence-corrected chi connectivity index (χ3v) is 5.79. The number of halogens is 1. The van der Waals surface area contributed by atoms with Crippen LogP contribution in [0.15, 0.2) is 48.0 Å². The molecule has 32 heavy (non-hydrogen) atoms. The van der Waals surface area contributed by atoms with Crippen LogP contribution in [0, 0.1) is 0 Å². The van der Waals surface area contributed by atoms with Crippen molar-refractivity contribution >= 4 is 29.1 Å². The summed E-state index contributed by atoms with van der Waals surface area (Å²) < 4.78 is 10.6. The Balaban J connectivity index is 2.10. The van der Waals surface area contributed by atoms with E-state index in [-0.39, 0.29) is 11.3 Å². The standard InChI is InChI=1S/C25H28ClNO5/c1-4-16-7-9-17(10-8-16)22-21(24(29)25(30)27(22)13-6-14-31-3)23(28)18-11-12-20(32-5-2)19(26)15-18/h7-12,15,22,28H,4-6,13-14H2,1-3H3/t22-/m1/s1. The van der Waals surface area contributed by atoms with Crippen molar-refractivity contribution in [3.05, 3.63) is 69.8 Å². The monoisotopic (exact) mass is 457 g/mol. The molecule has 0 aromatic heterocycles. The highest BCUT2D eigenvalue weighted by Crippen LogP contribution is 2.40. The van der Waals surface area contributed by atoms with E-state index in [2.05, 4.69) is 6.92 Å². The quantitative estimate of drug-likeness (QED) is 0.254. The van der Waals surface area contributed by atoms with Crippen molar-refractivity contribution in [3.8, 4) is 5.75 Å². The molecule has 1 aliphatic rings. The number of ether oxygens (including phenoxy) is 2. The molecule has 1 N–H and O–H groups in total. The Hall–Kier alpha value is -2.83. The second-order valence-corrected chi connectivity index (χ2v) is 7.92. The second-order valence-electron chi connectivity index (χ2n) is 7.51. The van der Waals surface area contributed by atoms with Gasteiger partial charge in [0.05, 0.1) is 23.2 Å². The predicted octanol–water partition coefficient (Wildman–Crippen LogP) is 4.76. The zero-order valence-electron chi connectivity index (χ0n) is 18.6. The number of nitrogens with zero attached hydrogens (tertiary/aromatic N) is 1. The number of benzene rings is 2. The maximum absolute atomic E-state index is 13.0. The SMILES string of the molecule is CCOc1ccc(C(O)=C2C(=O)C(=O)N(CCCOC)[C@@H]2c2ccc(CC)cc2)cc1Cl. The van der Waals surface area contributed by atoms with Gasteiger partial charge < -0.3 is 19.5 Å². The maximum atomic E-state index is 13.0. The molecule has 6 nitrogen and oxygen atoms in total. The van der Waals surface area contributed by atoms with Crippen molar-refractivity contribution < 1.29 is 24.2 Å². The lowest BCUT2D eigenvalue weighted by molar-refractivity contribution is -0.140. The molecule has 1 fully saturated rings. The fourth-order valence-electron chi connectivity index (χ4n) is 3.85. The summed E-state index contributed by atoms with van der Waals surface area (Å²) in [6.45, 7) is 5.14. The molecule has 3 rings (SSSR count). The number of aryl methyl sites for hydroxylation is 1. The molecule has 0 spiro atoms. The first-order chi connectivity index (χ1) is 15.4. The summed E-state index contributed by atoms with van der Waals surface area (Å²) in [6, 6.07) is 11.9. The van der Waals surface area contributed by atoms with Gasteiger partial charge in [-0.05, 0) is 49.1 Å². The minimum absolute atomic E-state index is 0.0527. The van der Waals surface area contributed by atoms with Gasteiger partial charge in [-0.25, -0.2) is 0 Å². The topological polar surface area (TPSA) is 76.1 Å². The fraction of sp³-hybridized carbons (Fsp3) is 0.360. The Kier molecular flexibility index (Phi) is 7.94. The van der Waals surface area contributed by atoms with E-state index in [1.165, 1.54) is 11.0 Å². The highest BCUT2D eigenvalue weighted by atomic mass is 35.5. The van der Waals surface area contributed by atoms with Gasteiger partial charge >= 0.3 is 0 Å². The van der Waals surface area contributed by atoms with Gasteiger partial charge in [-0.15, -0.1) is 0 Å². The molecule has 1 atom stereocenters. The summed E-state index contributed by atoms with van der Waals surface area (Å²) in [4.78, 5) is 27.4. The van der Waals surface area contributed by atoms with E-state index in [4.69, 9.17) is 21.1 Å². The summed E-state index contributed by atoms with van der Waals surface area (Å²) in [5, 5.41) is 11.4. The Morgan fingerprint density at radius 1 is 1.12 bits per heavy atom. The number of likely N-dealkylation sites (tertiary alicyclic amines) is 1. The van der Waals surface area contributed by atoms with Crippen LogP contribution >= 0.6 is 11.6 Å². The Labute approximate surface area is 193 Å². The minimum Gasteiger partial charge on any atom is -0.507 e. The first kappa shape index (κ1) is 23.8. The smallest absolute Gasteiger partial charge is 0.295 e. The molecule has 0 saturated carbocycles. The lowest BCUT2D eigenvalue weighted by atomic mass is 9.94. The average molecular weight is 458 g/mol. The molecular weight excluding hydrogens is 430 g/mol. The third kappa shape index (κ3) is 4.81. The number of carbonyl (C=O) groups excluding carboxylic acids is 2. The molecule has 0 unspecified atom stereocenters. The number of hydrogen-bond donors (Lipinski definition) is 1. The van der Waals surface area contributed by atoms with Crippen LogP contribution < -0.4 is 4.74 Å². The van der Waals surface area contributed by atoms with Crippen LogP contribution in [0.25, 0.3) is 5.76 Å². The number of methoxy groups -OCH3 is 1. The number of rotatable bonds is 9. The Morgan fingerprint density at radius 2 is 1.84 bits per heavy atom. The van der Waals surface area contributed by atoms with Crippen molar-refractivity contribution in [2.45, 2.75) is 32.7 Å². The average Bonchev–Trinajstić information content (AvgIpc) is 3.05.